The smallest absolute Gasteiger partial charge is 0.345 e. The van der Waals surface area contributed by atoms with E-state index in [2.05, 4.69) is 10.3 Å². The lowest BCUT2D eigenvalue weighted by molar-refractivity contribution is -0.492. The number of amides is 1. The molecule has 0 unspecified atom stereocenters. The normalized spacial score (nSPS) is 18.5. The Bertz CT molecular complexity index is 1050. The summed E-state index contributed by atoms with van der Waals surface area (Å²) in [4.78, 5) is 27.1. The number of carbonyl (C=O) groups excluding carboxylic acids is 2. The number of hydrogen-bond acceptors (Lipinski definition) is 7. The summed E-state index contributed by atoms with van der Waals surface area (Å²) in [5.41, 5.74) is 6.33. The zero-order chi connectivity index (χ0) is 22.1. The van der Waals surface area contributed by atoms with Gasteiger partial charge in [0.25, 0.3) is 12.2 Å². The number of aromatic nitrogens is 2. The number of nitrogens with one attached hydrogen (secondary N) is 1. The summed E-state index contributed by atoms with van der Waals surface area (Å²) >= 11 is 0. The lowest BCUT2D eigenvalue weighted by Gasteiger charge is -2.15. The van der Waals surface area contributed by atoms with E-state index in [0.717, 1.165) is 4.58 Å². The van der Waals surface area contributed by atoms with Crippen LogP contribution in [-0.4, -0.2) is 75.7 Å². The van der Waals surface area contributed by atoms with E-state index in [-0.39, 0.29) is 24.9 Å². The van der Waals surface area contributed by atoms with Crippen molar-refractivity contribution >= 4 is 29.6 Å². The van der Waals surface area contributed by atoms with Gasteiger partial charge >= 0.3 is 11.7 Å². The number of aliphatic hydroxyl groups excluding tert-OH is 1. The Labute approximate surface area is 174 Å². The standard InChI is InChI=1S/C19H19F2N5O5/c20-17(21)13-9-31-16(8-28)26(13)15-6-25-3-4-30-14-5-10(23-12(7-27)18(22)29)1-2-11(14)19(25)24-15/h1-2,5-6,8,12-13,17,27H,3-4,7,9H2,(H2-,22,23,24,29)/p+1/t12-,13-/m0/s1. The molecule has 1 aromatic carbocycles. The minimum Gasteiger partial charge on any atom is -0.491 e. The van der Waals surface area contributed by atoms with Crippen LogP contribution in [0.3, 0.4) is 0 Å². The molecule has 10 nitrogen and oxygen atoms in total. The second-order valence-electron chi connectivity index (χ2n) is 7.00. The second-order valence-corrected chi connectivity index (χ2v) is 7.00. The van der Waals surface area contributed by atoms with E-state index in [9.17, 15) is 23.5 Å². The Morgan fingerprint density at radius 2 is 2.26 bits per heavy atom. The third kappa shape index (κ3) is 3.81. The van der Waals surface area contributed by atoms with E-state index >= 15 is 0 Å². The summed E-state index contributed by atoms with van der Waals surface area (Å²) < 4.78 is 40.6. The van der Waals surface area contributed by atoms with Gasteiger partial charge in [-0.3, -0.25) is 9.59 Å². The maximum atomic E-state index is 13.4. The molecule has 0 fully saturated rings. The Morgan fingerprint density at radius 1 is 1.45 bits per heavy atom. The van der Waals surface area contributed by atoms with Crippen LogP contribution >= 0.6 is 0 Å². The second kappa shape index (κ2) is 8.30. The number of carbonyl (C=O) groups is 2. The Morgan fingerprint density at radius 3 is 2.94 bits per heavy atom. The highest BCUT2D eigenvalue weighted by molar-refractivity contribution is 6.21. The van der Waals surface area contributed by atoms with Crippen LogP contribution in [0.5, 0.6) is 5.75 Å². The summed E-state index contributed by atoms with van der Waals surface area (Å²) in [6, 6.07) is 2.70. The highest BCUT2D eigenvalue weighted by Gasteiger charge is 2.42. The van der Waals surface area contributed by atoms with Crippen molar-refractivity contribution in [3.05, 3.63) is 24.4 Å². The van der Waals surface area contributed by atoms with Crippen LogP contribution in [0.25, 0.3) is 11.4 Å². The monoisotopic (exact) mass is 436 g/mol. The van der Waals surface area contributed by atoms with E-state index in [1.807, 2.05) is 0 Å². The number of aliphatic hydroxyl groups is 1. The molecule has 164 valence electrons. The van der Waals surface area contributed by atoms with Gasteiger partial charge in [0.05, 0.1) is 18.7 Å². The van der Waals surface area contributed by atoms with Crippen molar-refractivity contribution in [2.45, 2.75) is 25.1 Å². The maximum Gasteiger partial charge on any atom is 0.345 e. The van der Waals surface area contributed by atoms with Crippen molar-refractivity contribution < 1.29 is 37.5 Å². The first-order valence-electron chi connectivity index (χ1n) is 9.46. The molecule has 4 rings (SSSR count). The number of rotatable bonds is 7. The molecule has 0 bridgehead atoms. The number of primary amides is 1. The number of nitrogens with two attached hydrogens (primary N) is 1. The van der Waals surface area contributed by atoms with Crippen molar-refractivity contribution in [3.8, 4) is 17.1 Å². The molecule has 3 heterocycles. The molecule has 2 aliphatic rings. The lowest BCUT2D eigenvalue weighted by Crippen LogP contribution is -2.38. The number of anilines is 1. The quantitative estimate of drug-likeness (QED) is 0.415. The fraction of sp³-hybridized carbons (Fsp3) is 0.368. The first kappa shape index (κ1) is 20.7. The van der Waals surface area contributed by atoms with Crippen LogP contribution in [0, 0.1) is 0 Å². The number of fused-ring (bicyclic) bond motifs is 3. The number of aldehydes is 1. The van der Waals surface area contributed by atoms with Gasteiger partial charge < -0.3 is 30.2 Å². The summed E-state index contributed by atoms with van der Waals surface area (Å²) in [7, 11) is 0. The number of imidazole rings is 1. The number of nitrogens with zero attached hydrogens (tertiary/aromatic N) is 3. The molecule has 0 aliphatic carbocycles. The molecule has 0 spiro atoms. The molecular formula is C19H20F2N5O5+. The molecular weight excluding hydrogens is 416 g/mol. The molecule has 1 amide bonds. The van der Waals surface area contributed by atoms with Crippen molar-refractivity contribution in [2.75, 3.05) is 25.1 Å². The van der Waals surface area contributed by atoms with Gasteiger partial charge in [-0.1, -0.05) is 0 Å². The van der Waals surface area contributed by atoms with Crippen LogP contribution in [0.4, 0.5) is 20.3 Å². The summed E-state index contributed by atoms with van der Waals surface area (Å²) in [5.74, 6) is 0.167. The van der Waals surface area contributed by atoms with E-state index in [0.29, 0.717) is 35.7 Å². The first-order valence-corrected chi connectivity index (χ1v) is 9.46. The van der Waals surface area contributed by atoms with Crippen molar-refractivity contribution in [3.63, 3.8) is 0 Å². The predicted molar refractivity (Wildman–Crippen MR) is 104 cm³/mol. The van der Waals surface area contributed by atoms with Gasteiger partial charge in [0.15, 0.2) is 6.04 Å². The van der Waals surface area contributed by atoms with Crippen molar-refractivity contribution in [1.29, 1.82) is 0 Å². The SMILES string of the molecule is NC(=O)[C@H](CO)Nc1ccc2c(c1)OCCn1cc([N+]3=C(C=O)OC[C@H]3C(F)F)nc1-2. The van der Waals surface area contributed by atoms with Gasteiger partial charge in [-0.2, -0.15) is 4.58 Å². The molecule has 2 aliphatic heterocycles. The van der Waals surface area contributed by atoms with Gasteiger partial charge in [0.1, 0.15) is 31.2 Å². The van der Waals surface area contributed by atoms with E-state index in [1.165, 1.54) is 0 Å². The minimum atomic E-state index is -2.73. The molecule has 0 saturated carbocycles. The lowest BCUT2D eigenvalue weighted by atomic mass is 10.1. The topological polar surface area (TPSA) is 132 Å². The molecule has 1 aromatic heterocycles. The molecule has 2 atom stereocenters. The largest absolute Gasteiger partial charge is 0.491 e. The van der Waals surface area contributed by atoms with Gasteiger partial charge in [-0.05, 0) is 17.1 Å². The highest BCUT2D eigenvalue weighted by Crippen LogP contribution is 2.36. The summed E-state index contributed by atoms with van der Waals surface area (Å²) in [6.45, 7) is -0.114. The number of halogens is 2. The maximum absolute atomic E-state index is 13.4. The highest BCUT2D eigenvalue weighted by atomic mass is 19.3. The van der Waals surface area contributed by atoms with E-state index < -0.39 is 31.0 Å². The predicted octanol–water partition coefficient (Wildman–Crippen LogP) is 0.106. The van der Waals surface area contributed by atoms with E-state index in [1.54, 1.807) is 29.0 Å². The van der Waals surface area contributed by atoms with E-state index in [4.69, 9.17) is 15.2 Å². The summed E-state index contributed by atoms with van der Waals surface area (Å²) in [5, 5.41) is 12.1. The van der Waals surface area contributed by atoms with Crippen molar-refractivity contribution in [1.82, 2.24) is 9.55 Å². The molecule has 12 heteroatoms. The Hall–Kier alpha value is -3.54. The number of hydrogen-bond donors (Lipinski definition) is 3. The van der Waals surface area contributed by atoms with Crippen LogP contribution in [0.2, 0.25) is 0 Å². The molecule has 2 aromatic rings. The Balaban J connectivity index is 1.72. The van der Waals surface area contributed by atoms with Gasteiger partial charge in [-0.25, -0.2) is 8.78 Å². The first-order chi connectivity index (χ1) is 14.9. The van der Waals surface area contributed by atoms with Crippen LogP contribution < -0.4 is 15.8 Å². The molecule has 0 radical (unpaired) electrons. The number of alkyl halides is 2. The fourth-order valence-corrected chi connectivity index (χ4v) is 3.52. The van der Waals surface area contributed by atoms with Crippen molar-refractivity contribution in [2.24, 2.45) is 5.73 Å². The molecule has 31 heavy (non-hydrogen) atoms. The Kier molecular flexibility index (Phi) is 5.55. The van der Waals surface area contributed by atoms with Crippen LogP contribution in [0.15, 0.2) is 24.4 Å². The third-order valence-electron chi connectivity index (χ3n) is 5.05. The zero-order valence-electron chi connectivity index (χ0n) is 16.2. The zero-order valence-corrected chi connectivity index (χ0v) is 16.2. The van der Waals surface area contributed by atoms with Gasteiger partial charge in [0, 0.05) is 11.8 Å². The number of ether oxygens (including phenoxy) is 2. The average molecular weight is 436 g/mol. The van der Waals surface area contributed by atoms with Crippen LogP contribution in [-0.2, 0) is 20.9 Å². The minimum absolute atomic E-state index is 0.170. The average Bonchev–Trinajstić information content (AvgIpc) is 3.32. The third-order valence-corrected chi connectivity index (χ3v) is 5.05. The molecule has 0 saturated heterocycles. The summed E-state index contributed by atoms with van der Waals surface area (Å²) in [6.07, 6.45) is -0.770. The van der Waals surface area contributed by atoms with Gasteiger partial charge in [0.2, 0.25) is 12.2 Å². The molecule has 4 N–H and O–H groups in total. The number of benzene rings is 1. The van der Waals surface area contributed by atoms with Crippen LogP contribution in [0.1, 0.15) is 0 Å². The fourth-order valence-electron chi connectivity index (χ4n) is 3.52. The van der Waals surface area contributed by atoms with Gasteiger partial charge in [-0.15, -0.1) is 0 Å².